The third-order valence-electron chi connectivity index (χ3n) is 4.18. The fourth-order valence-electron chi connectivity index (χ4n) is 2.92. The van der Waals surface area contributed by atoms with Gasteiger partial charge < -0.3 is 20.4 Å². The highest BCUT2D eigenvalue weighted by Crippen LogP contribution is 2.22. The van der Waals surface area contributed by atoms with Gasteiger partial charge >= 0.3 is 6.18 Å². The highest BCUT2D eigenvalue weighted by Gasteiger charge is 2.28. The van der Waals surface area contributed by atoms with Crippen LogP contribution in [0.1, 0.15) is 18.3 Å². The van der Waals surface area contributed by atoms with Crippen molar-refractivity contribution in [3.8, 4) is 5.75 Å². The number of benzene rings is 1. The van der Waals surface area contributed by atoms with Crippen LogP contribution in [-0.4, -0.2) is 28.8 Å². The maximum Gasteiger partial charge on any atom is 0.430 e. The SMILES string of the molecule is CC[n+]1c(CN)n(Cc2cccnc2)c2cc(OC)ccc21.O=C([O-])C(F)(F)F. The Kier molecular flexibility index (Phi) is 7.16. The van der Waals surface area contributed by atoms with Crippen LogP contribution in [0, 0.1) is 0 Å². The Morgan fingerprint density at radius 2 is 2.03 bits per heavy atom. The highest BCUT2D eigenvalue weighted by molar-refractivity contribution is 5.74. The Morgan fingerprint density at radius 3 is 2.52 bits per heavy atom. The molecule has 0 aliphatic heterocycles. The molecular weight excluding hydrogens is 389 g/mol. The zero-order valence-electron chi connectivity index (χ0n) is 15.9. The van der Waals surface area contributed by atoms with E-state index in [1.54, 1.807) is 13.3 Å². The molecule has 3 aromatic rings. The van der Waals surface area contributed by atoms with Crippen molar-refractivity contribution in [2.45, 2.75) is 32.7 Å². The lowest BCUT2D eigenvalue weighted by Crippen LogP contribution is -2.38. The summed E-state index contributed by atoms with van der Waals surface area (Å²) in [5.74, 6) is -1.05. The van der Waals surface area contributed by atoms with Crippen LogP contribution < -0.4 is 20.1 Å². The monoisotopic (exact) mass is 410 g/mol. The number of pyridine rings is 1. The van der Waals surface area contributed by atoms with Crippen molar-refractivity contribution < 1.29 is 32.4 Å². The Morgan fingerprint density at radius 1 is 1.34 bits per heavy atom. The number of carboxylic acid groups (broad SMARTS) is 1. The van der Waals surface area contributed by atoms with Crippen LogP contribution in [0.15, 0.2) is 42.7 Å². The summed E-state index contributed by atoms with van der Waals surface area (Å²) in [6.45, 7) is 4.26. The number of carbonyl (C=O) groups is 1. The summed E-state index contributed by atoms with van der Waals surface area (Å²) in [7, 11) is 1.69. The van der Waals surface area contributed by atoms with Crippen molar-refractivity contribution in [1.29, 1.82) is 0 Å². The predicted molar refractivity (Wildman–Crippen MR) is 96.7 cm³/mol. The quantitative estimate of drug-likeness (QED) is 0.637. The molecule has 0 fully saturated rings. The lowest BCUT2D eigenvalue weighted by atomic mass is 10.2. The first-order valence-electron chi connectivity index (χ1n) is 8.69. The Hall–Kier alpha value is -3.14. The van der Waals surface area contributed by atoms with Crippen LogP contribution in [0.5, 0.6) is 5.75 Å². The molecule has 0 amide bonds. The average Bonchev–Trinajstić information content (AvgIpc) is 3.00. The van der Waals surface area contributed by atoms with E-state index in [1.165, 1.54) is 5.52 Å². The molecule has 0 aliphatic carbocycles. The molecular formula is C19H21F3N4O3. The van der Waals surface area contributed by atoms with Gasteiger partial charge in [0.25, 0.3) is 5.82 Å². The molecule has 1 aromatic carbocycles. The zero-order valence-corrected chi connectivity index (χ0v) is 15.9. The molecule has 0 atom stereocenters. The van der Waals surface area contributed by atoms with E-state index < -0.39 is 12.1 Å². The number of nitrogens with zero attached hydrogens (tertiary/aromatic N) is 3. The molecule has 7 nitrogen and oxygen atoms in total. The average molecular weight is 410 g/mol. The van der Waals surface area contributed by atoms with E-state index in [4.69, 9.17) is 20.4 Å². The molecule has 2 aromatic heterocycles. The summed E-state index contributed by atoms with van der Waals surface area (Å²) in [4.78, 5) is 13.0. The number of fused-ring (bicyclic) bond motifs is 1. The normalized spacial score (nSPS) is 11.1. The number of aryl methyl sites for hydroxylation is 1. The van der Waals surface area contributed by atoms with Crippen LogP contribution in [0.2, 0.25) is 0 Å². The second kappa shape index (κ2) is 9.37. The van der Waals surface area contributed by atoms with Gasteiger partial charge in [0.05, 0.1) is 20.2 Å². The summed E-state index contributed by atoms with van der Waals surface area (Å²) in [6.07, 6.45) is -1.51. The fraction of sp³-hybridized carbons (Fsp3) is 0.316. The van der Waals surface area contributed by atoms with Crippen molar-refractivity contribution in [3.63, 3.8) is 0 Å². The molecule has 0 radical (unpaired) electrons. The van der Waals surface area contributed by atoms with Crippen molar-refractivity contribution in [2.75, 3.05) is 7.11 Å². The second-order valence-corrected chi connectivity index (χ2v) is 5.95. The number of carbonyl (C=O) groups excluding carboxylic acids is 1. The number of aromatic nitrogens is 3. The summed E-state index contributed by atoms with van der Waals surface area (Å²) in [5.41, 5.74) is 9.48. The minimum absolute atomic E-state index is 0.491. The van der Waals surface area contributed by atoms with Crippen LogP contribution in [0.25, 0.3) is 11.0 Å². The number of aliphatic carboxylic acids is 1. The van der Waals surface area contributed by atoms with E-state index in [1.807, 2.05) is 18.3 Å². The van der Waals surface area contributed by atoms with Gasteiger partial charge in [-0.2, -0.15) is 13.2 Å². The molecule has 2 N–H and O–H groups in total. The van der Waals surface area contributed by atoms with Crippen molar-refractivity contribution in [1.82, 2.24) is 9.55 Å². The van der Waals surface area contributed by atoms with E-state index in [9.17, 15) is 13.2 Å². The van der Waals surface area contributed by atoms with Gasteiger partial charge in [0.15, 0.2) is 11.0 Å². The van der Waals surface area contributed by atoms with Crippen molar-refractivity contribution in [2.24, 2.45) is 5.73 Å². The Labute approximate surface area is 165 Å². The summed E-state index contributed by atoms with van der Waals surface area (Å²) in [6, 6.07) is 10.2. The van der Waals surface area contributed by atoms with Gasteiger partial charge in [-0.15, -0.1) is 0 Å². The van der Waals surface area contributed by atoms with Gasteiger partial charge in [-0.05, 0) is 25.1 Å². The van der Waals surface area contributed by atoms with E-state index in [0.717, 1.165) is 35.7 Å². The smallest absolute Gasteiger partial charge is 0.430 e. The largest absolute Gasteiger partial charge is 0.542 e. The molecule has 2 heterocycles. The fourth-order valence-corrected chi connectivity index (χ4v) is 2.92. The number of nitrogens with two attached hydrogens (primary N) is 1. The molecule has 0 unspecified atom stereocenters. The van der Waals surface area contributed by atoms with Crippen LogP contribution in [0.4, 0.5) is 13.2 Å². The van der Waals surface area contributed by atoms with Crippen molar-refractivity contribution >= 4 is 17.0 Å². The Bertz CT molecular complexity index is 972. The number of methoxy groups -OCH3 is 1. The van der Waals surface area contributed by atoms with Crippen LogP contribution in [-0.2, 0) is 24.4 Å². The van der Waals surface area contributed by atoms with Gasteiger partial charge in [-0.1, -0.05) is 6.07 Å². The van der Waals surface area contributed by atoms with E-state index >= 15 is 0 Å². The van der Waals surface area contributed by atoms with Gasteiger partial charge in [0.2, 0.25) is 0 Å². The minimum atomic E-state index is -5.19. The Balaban J connectivity index is 0.000000370. The number of imidazole rings is 1. The lowest BCUT2D eigenvalue weighted by Gasteiger charge is -2.03. The number of halogens is 3. The molecule has 0 bridgehead atoms. The molecule has 29 heavy (non-hydrogen) atoms. The number of rotatable bonds is 5. The number of alkyl halides is 3. The number of hydrogen-bond donors (Lipinski definition) is 1. The molecule has 10 heteroatoms. The second-order valence-electron chi connectivity index (χ2n) is 5.95. The maximum atomic E-state index is 10.5. The van der Waals surface area contributed by atoms with E-state index in [0.29, 0.717) is 6.54 Å². The van der Waals surface area contributed by atoms with Gasteiger partial charge in [-0.25, -0.2) is 9.13 Å². The third kappa shape index (κ3) is 5.23. The molecule has 0 saturated carbocycles. The third-order valence-corrected chi connectivity index (χ3v) is 4.18. The van der Waals surface area contributed by atoms with Gasteiger partial charge in [0, 0.05) is 24.0 Å². The lowest BCUT2D eigenvalue weighted by molar-refractivity contribution is -0.676. The van der Waals surface area contributed by atoms with Gasteiger partial charge in [-0.3, -0.25) is 4.98 Å². The van der Waals surface area contributed by atoms with E-state index in [-0.39, 0.29) is 0 Å². The number of hydrogen-bond acceptors (Lipinski definition) is 5. The highest BCUT2D eigenvalue weighted by atomic mass is 19.4. The van der Waals surface area contributed by atoms with E-state index in [2.05, 4.69) is 39.2 Å². The van der Waals surface area contributed by atoms with Crippen molar-refractivity contribution in [3.05, 3.63) is 54.1 Å². The first kappa shape index (κ1) is 22.2. The standard InChI is InChI=1S/C17H21N4O.C2HF3O2/c1-3-20-15-7-6-14(22-2)9-16(15)21(17(20)10-18)12-13-5-4-8-19-11-13;3-2(4,5)1(6)7/h4-9,11H,3,10,12,18H2,1-2H3;(H,6,7)/q+1;/p-1. The number of ether oxygens (including phenoxy) is 1. The van der Waals surface area contributed by atoms with Crippen LogP contribution in [0.3, 0.4) is 0 Å². The van der Waals surface area contributed by atoms with Crippen LogP contribution >= 0.6 is 0 Å². The predicted octanol–water partition coefficient (Wildman–Crippen LogP) is 1.16. The summed E-state index contributed by atoms with van der Waals surface area (Å²) < 4.78 is 41.4. The van der Waals surface area contributed by atoms with Gasteiger partial charge in [0.1, 0.15) is 18.3 Å². The molecule has 0 saturated heterocycles. The number of carboxylic acids is 1. The summed E-state index contributed by atoms with van der Waals surface area (Å²) in [5, 5.41) is 8.78. The molecule has 0 spiro atoms. The maximum absolute atomic E-state index is 10.5. The minimum Gasteiger partial charge on any atom is -0.542 e. The molecule has 0 aliphatic rings. The first-order chi connectivity index (χ1) is 13.7. The molecule has 3 rings (SSSR count). The zero-order chi connectivity index (χ0) is 21.6. The first-order valence-corrected chi connectivity index (χ1v) is 8.69. The summed E-state index contributed by atoms with van der Waals surface area (Å²) >= 11 is 0. The molecule has 156 valence electrons. The topological polar surface area (TPSA) is 97.1 Å².